The Bertz CT molecular complexity index is 373. The summed E-state index contributed by atoms with van der Waals surface area (Å²) in [4.78, 5) is 11.6. The lowest BCUT2D eigenvalue weighted by Gasteiger charge is -2.11. The van der Waals surface area contributed by atoms with Gasteiger partial charge in [0.15, 0.2) is 0 Å². The maximum Gasteiger partial charge on any atom is 0.220 e. The number of ether oxygens (including phenoxy) is 1. The molecule has 0 aliphatic carbocycles. The van der Waals surface area contributed by atoms with Gasteiger partial charge >= 0.3 is 0 Å². The minimum absolute atomic E-state index is 0.170. The first kappa shape index (κ1) is 15.5. The predicted octanol–water partition coefficient (Wildman–Crippen LogP) is 3.32. The van der Waals surface area contributed by atoms with Crippen molar-refractivity contribution in [2.24, 2.45) is 0 Å². The molecule has 1 N–H and O–H groups in total. The molecule has 0 heterocycles. The Morgan fingerprint density at radius 1 is 1.26 bits per heavy atom. The second kappa shape index (κ2) is 8.57. The van der Waals surface area contributed by atoms with Gasteiger partial charge in [0, 0.05) is 12.5 Å². The van der Waals surface area contributed by atoms with Gasteiger partial charge in [-0.05, 0) is 50.3 Å². The van der Waals surface area contributed by atoms with Gasteiger partial charge in [0.1, 0.15) is 5.75 Å². The van der Waals surface area contributed by atoms with Crippen LogP contribution in [0.4, 0.5) is 0 Å². The molecule has 0 aromatic heterocycles. The highest BCUT2D eigenvalue weighted by Gasteiger charge is 2.04. The Morgan fingerprint density at radius 3 is 2.53 bits per heavy atom. The molecule has 0 spiro atoms. The largest absolute Gasteiger partial charge is 0.497 e. The van der Waals surface area contributed by atoms with Gasteiger partial charge < -0.3 is 10.1 Å². The van der Waals surface area contributed by atoms with E-state index in [2.05, 4.69) is 24.4 Å². The SMILES string of the molecule is CCC(C)NC(=O)CCCCc1ccc(OC)cc1. The van der Waals surface area contributed by atoms with Crippen LogP contribution in [0.3, 0.4) is 0 Å². The first-order chi connectivity index (χ1) is 9.15. The third-order valence-electron chi connectivity index (χ3n) is 3.30. The molecule has 1 amide bonds. The zero-order valence-corrected chi connectivity index (χ0v) is 12.2. The van der Waals surface area contributed by atoms with Crippen molar-refractivity contribution >= 4 is 5.91 Å². The summed E-state index contributed by atoms with van der Waals surface area (Å²) in [6.07, 6.45) is 4.60. The van der Waals surface area contributed by atoms with Gasteiger partial charge in [-0.3, -0.25) is 4.79 Å². The van der Waals surface area contributed by atoms with E-state index in [9.17, 15) is 4.79 Å². The van der Waals surface area contributed by atoms with Crippen LogP contribution >= 0.6 is 0 Å². The van der Waals surface area contributed by atoms with Crippen LogP contribution in [0.5, 0.6) is 5.75 Å². The number of rotatable bonds is 8. The van der Waals surface area contributed by atoms with Crippen LogP contribution in [-0.2, 0) is 11.2 Å². The highest BCUT2D eigenvalue weighted by atomic mass is 16.5. The third kappa shape index (κ3) is 6.27. The first-order valence-electron chi connectivity index (χ1n) is 7.08. The van der Waals surface area contributed by atoms with E-state index in [1.165, 1.54) is 5.56 Å². The van der Waals surface area contributed by atoms with E-state index in [0.717, 1.165) is 31.4 Å². The van der Waals surface area contributed by atoms with E-state index >= 15 is 0 Å². The van der Waals surface area contributed by atoms with Crippen molar-refractivity contribution in [2.75, 3.05) is 7.11 Å². The molecule has 1 unspecified atom stereocenters. The van der Waals surface area contributed by atoms with Crippen LogP contribution in [-0.4, -0.2) is 19.1 Å². The highest BCUT2D eigenvalue weighted by Crippen LogP contribution is 2.13. The summed E-state index contributed by atoms with van der Waals surface area (Å²) in [6.45, 7) is 4.11. The monoisotopic (exact) mass is 263 g/mol. The van der Waals surface area contributed by atoms with Gasteiger partial charge in [-0.15, -0.1) is 0 Å². The fourth-order valence-corrected chi connectivity index (χ4v) is 1.86. The molecule has 1 rings (SSSR count). The molecule has 106 valence electrons. The minimum Gasteiger partial charge on any atom is -0.497 e. The van der Waals surface area contributed by atoms with Gasteiger partial charge in [0.25, 0.3) is 0 Å². The van der Waals surface area contributed by atoms with Gasteiger partial charge in [0.2, 0.25) is 5.91 Å². The van der Waals surface area contributed by atoms with Crippen LogP contribution in [0.15, 0.2) is 24.3 Å². The van der Waals surface area contributed by atoms with Crippen molar-refractivity contribution in [3.05, 3.63) is 29.8 Å². The normalized spacial score (nSPS) is 11.9. The maximum absolute atomic E-state index is 11.6. The molecule has 1 aromatic rings. The molecule has 0 aliphatic rings. The fraction of sp³-hybridized carbons (Fsp3) is 0.562. The van der Waals surface area contributed by atoms with Crippen molar-refractivity contribution in [3.63, 3.8) is 0 Å². The van der Waals surface area contributed by atoms with Crippen molar-refractivity contribution in [1.29, 1.82) is 0 Å². The topological polar surface area (TPSA) is 38.3 Å². The number of hydrogen-bond donors (Lipinski definition) is 1. The Morgan fingerprint density at radius 2 is 1.95 bits per heavy atom. The van der Waals surface area contributed by atoms with Crippen LogP contribution < -0.4 is 10.1 Å². The summed E-state index contributed by atoms with van der Waals surface area (Å²) in [5.41, 5.74) is 1.29. The highest BCUT2D eigenvalue weighted by molar-refractivity contribution is 5.76. The van der Waals surface area contributed by atoms with Crippen LogP contribution in [0.25, 0.3) is 0 Å². The first-order valence-corrected chi connectivity index (χ1v) is 7.08. The zero-order valence-electron chi connectivity index (χ0n) is 12.2. The number of methoxy groups -OCH3 is 1. The number of carbonyl (C=O) groups is 1. The van der Waals surface area contributed by atoms with Crippen molar-refractivity contribution in [1.82, 2.24) is 5.32 Å². The molecule has 0 bridgehead atoms. The van der Waals surface area contributed by atoms with Crippen LogP contribution in [0, 0.1) is 0 Å². The molecule has 0 saturated carbocycles. The predicted molar refractivity (Wildman–Crippen MR) is 78.4 cm³/mol. The van der Waals surface area contributed by atoms with E-state index in [0.29, 0.717) is 6.42 Å². The van der Waals surface area contributed by atoms with Crippen LogP contribution in [0.2, 0.25) is 0 Å². The molecule has 0 radical (unpaired) electrons. The number of unbranched alkanes of at least 4 members (excludes halogenated alkanes) is 1. The van der Waals surface area contributed by atoms with Crippen LogP contribution in [0.1, 0.15) is 45.1 Å². The Hall–Kier alpha value is -1.51. The summed E-state index contributed by atoms with van der Waals surface area (Å²) in [5, 5.41) is 2.99. The second-order valence-electron chi connectivity index (χ2n) is 4.93. The number of aryl methyl sites for hydroxylation is 1. The Labute approximate surface area is 116 Å². The molecular weight excluding hydrogens is 238 g/mol. The standard InChI is InChI=1S/C16H25NO2/c1-4-13(2)17-16(18)8-6-5-7-14-9-11-15(19-3)12-10-14/h9-13H,4-8H2,1-3H3,(H,17,18). The number of hydrogen-bond acceptors (Lipinski definition) is 2. The molecule has 0 fully saturated rings. The summed E-state index contributed by atoms with van der Waals surface area (Å²) >= 11 is 0. The fourth-order valence-electron chi connectivity index (χ4n) is 1.86. The third-order valence-corrected chi connectivity index (χ3v) is 3.30. The molecular formula is C16H25NO2. The van der Waals surface area contributed by atoms with Gasteiger partial charge in [-0.25, -0.2) is 0 Å². The van der Waals surface area contributed by atoms with Crippen molar-refractivity contribution < 1.29 is 9.53 Å². The lowest BCUT2D eigenvalue weighted by atomic mass is 10.1. The lowest BCUT2D eigenvalue weighted by Crippen LogP contribution is -2.31. The summed E-state index contributed by atoms with van der Waals surface area (Å²) in [7, 11) is 1.67. The summed E-state index contributed by atoms with van der Waals surface area (Å²) < 4.78 is 5.12. The Balaban J connectivity index is 2.17. The zero-order chi connectivity index (χ0) is 14.1. The molecule has 3 nitrogen and oxygen atoms in total. The number of amides is 1. The molecule has 0 aliphatic heterocycles. The van der Waals surface area contributed by atoms with Crippen molar-refractivity contribution in [3.8, 4) is 5.75 Å². The van der Waals surface area contributed by atoms with E-state index in [4.69, 9.17) is 4.74 Å². The average molecular weight is 263 g/mol. The number of carbonyl (C=O) groups excluding carboxylic acids is 1. The minimum atomic E-state index is 0.170. The van der Waals surface area contributed by atoms with Gasteiger partial charge in [0.05, 0.1) is 7.11 Å². The van der Waals surface area contributed by atoms with Gasteiger partial charge in [-0.1, -0.05) is 19.1 Å². The second-order valence-corrected chi connectivity index (χ2v) is 4.93. The van der Waals surface area contributed by atoms with E-state index in [1.54, 1.807) is 7.11 Å². The molecule has 1 aromatic carbocycles. The van der Waals surface area contributed by atoms with Gasteiger partial charge in [-0.2, -0.15) is 0 Å². The number of benzene rings is 1. The molecule has 1 atom stereocenters. The molecule has 19 heavy (non-hydrogen) atoms. The van der Waals surface area contributed by atoms with E-state index < -0.39 is 0 Å². The summed E-state index contributed by atoms with van der Waals surface area (Å²) in [6, 6.07) is 8.40. The smallest absolute Gasteiger partial charge is 0.220 e. The quantitative estimate of drug-likeness (QED) is 0.731. The number of nitrogens with one attached hydrogen (secondary N) is 1. The maximum atomic E-state index is 11.6. The Kier molecular flexibility index (Phi) is 7.01. The lowest BCUT2D eigenvalue weighted by molar-refractivity contribution is -0.121. The van der Waals surface area contributed by atoms with Crippen molar-refractivity contribution in [2.45, 2.75) is 52.0 Å². The van der Waals surface area contributed by atoms with E-state index in [-0.39, 0.29) is 11.9 Å². The summed E-state index contributed by atoms with van der Waals surface area (Å²) in [5.74, 6) is 1.06. The van der Waals surface area contributed by atoms with E-state index in [1.807, 2.05) is 19.1 Å². The average Bonchev–Trinajstić information content (AvgIpc) is 2.44. The molecule has 3 heteroatoms. The molecule has 0 saturated heterocycles.